The van der Waals surface area contributed by atoms with Crippen LogP contribution >= 0.6 is 27.3 Å². The van der Waals surface area contributed by atoms with Gasteiger partial charge in [-0.2, -0.15) is 4.98 Å². The zero-order chi connectivity index (χ0) is 13.2. The Balaban J connectivity index is 1.84. The minimum atomic E-state index is 0.169. The number of aromatic nitrogens is 2. The molecule has 0 saturated carbocycles. The Hall–Kier alpha value is -1.66. The molecule has 0 aliphatic heterocycles. The van der Waals surface area contributed by atoms with Crippen LogP contribution in [0, 0.1) is 0 Å². The lowest BCUT2D eigenvalue weighted by atomic mass is 10.1. The van der Waals surface area contributed by atoms with E-state index < -0.39 is 0 Å². The summed E-state index contributed by atoms with van der Waals surface area (Å²) < 4.78 is 6.19. The van der Waals surface area contributed by atoms with Crippen molar-refractivity contribution in [1.82, 2.24) is 10.1 Å². The van der Waals surface area contributed by atoms with Gasteiger partial charge in [0.05, 0.1) is 0 Å². The van der Waals surface area contributed by atoms with Crippen LogP contribution in [-0.2, 0) is 6.42 Å². The Morgan fingerprint density at radius 2 is 2.21 bits per heavy atom. The summed E-state index contributed by atoms with van der Waals surface area (Å²) in [5, 5.41) is 15.3. The summed E-state index contributed by atoms with van der Waals surface area (Å²) in [4.78, 5) is 4.90. The Kier molecular flexibility index (Phi) is 3.35. The highest BCUT2D eigenvalue weighted by molar-refractivity contribution is 9.10. The zero-order valence-electron chi connectivity index (χ0n) is 9.71. The molecule has 3 rings (SSSR count). The van der Waals surface area contributed by atoms with E-state index in [0.717, 1.165) is 10.0 Å². The van der Waals surface area contributed by atoms with E-state index >= 15 is 0 Å². The molecule has 6 heteroatoms. The summed E-state index contributed by atoms with van der Waals surface area (Å²) in [5.74, 6) is 1.13. The van der Waals surface area contributed by atoms with Gasteiger partial charge in [-0.3, -0.25) is 0 Å². The van der Waals surface area contributed by atoms with Crippen LogP contribution in [0.15, 0.2) is 44.7 Å². The summed E-state index contributed by atoms with van der Waals surface area (Å²) >= 11 is 4.80. The van der Waals surface area contributed by atoms with Gasteiger partial charge in [0.1, 0.15) is 10.6 Å². The fourth-order valence-electron chi connectivity index (χ4n) is 1.71. The van der Waals surface area contributed by atoms with Gasteiger partial charge in [-0.1, -0.05) is 33.2 Å². The highest BCUT2D eigenvalue weighted by atomic mass is 79.9. The van der Waals surface area contributed by atoms with Crippen LogP contribution in [0.25, 0.3) is 10.8 Å². The second-order valence-electron chi connectivity index (χ2n) is 3.96. The van der Waals surface area contributed by atoms with Crippen molar-refractivity contribution in [2.24, 2.45) is 0 Å². The number of hydrogen-bond acceptors (Lipinski definition) is 5. The van der Waals surface area contributed by atoms with Crippen LogP contribution in [-0.4, -0.2) is 15.2 Å². The van der Waals surface area contributed by atoms with Gasteiger partial charge in [0.2, 0.25) is 0 Å². The minimum absolute atomic E-state index is 0.169. The third kappa shape index (κ3) is 2.69. The molecule has 0 radical (unpaired) electrons. The first kappa shape index (κ1) is 12.4. The average molecular weight is 337 g/mol. The number of halogens is 1. The number of thiophene rings is 1. The standard InChI is InChI=1S/C13H9BrN2O2S/c14-9-3-1-2-8(6-9)7-11-15-13(18-16-11)12-10(17)4-5-19-12/h1-6,17H,7H2. The number of aromatic hydroxyl groups is 1. The first-order chi connectivity index (χ1) is 9.22. The molecule has 1 N–H and O–H groups in total. The quantitative estimate of drug-likeness (QED) is 0.788. The van der Waals surface area contributed by atoms with Crippen molar-refractivity contribution in [3.05, 3.63) is 51.6 Å². The molecule has 0 saturated heterocycles. The lowest BCUT2D eigenvalue weighted by Crippen LogP contribution is -1.90. The molecule has 19 heavy (non-hydrogen) atoms. The van der Waals surface area contributed by atoms with Crippen LogP contribution in [0.3, 0.4) is 0 Å². The van der Waals surface area contributed by atoms with E-state index in [1.165, 1.54) is 11.3 Å². The van der Waals surface area contributed by atoms with Gasteiger partial charge in [0, 0.05) is 10.9 Å². The van der Waals surface area contributed by atoms with Gasteiger partial charge in [-0.25, -0.2) is 0 Å². The van der Waals surface area contributed by atoms with E-state index in [4.69, 9.17) is 4.52 Å². The fraction of sp³-hybridized carbons (Fsp3) is 0.0769. The Morgan fingerprint density at radius 1 is 1.32 bits per heavy atom. The van der Waals surface area contributed by atoms with Crippen molar-refractivity contribution in [3.63, 3.8) is 0 Å². The van der Waals surface area contributed by atoms with E-state index in [1.807, 2.05) is 24.3 Å². The molecule has 1 aromatic carbocycles. The van der Waals surface area contributed by atoms with Crippen molar-refractivity contribution in [2.45, 2.75) is 6.42 Å². The van der Waals surface area contributed by atoms with Crippen LogP contribution < -0.4 is 0 Å². The molecule has 2 aromatic heterocycles. The van der Waals surface area contributed by atoms with Gasteiger partial charge in [0.25, 0.3) is 5.89 Å². The van der Waals surface area contributed by atoms with Crippen molar-refractivity contribution in [2.75, 3.05) is 0 Å². The molecule has 2 heterocycles. The summed E-state index contributed by atoms with van der Waals surface area (Å²) in [6, 6.07) is 9.56. The van der Waals surface area contributed by atoms with Gasteiger partial charge < -0.3 is 9.63 Å². The van der Waals surface area contributed by atoms with Crippen LogP contribution in [0.5, 0.6) is 5.75 Å². The van der Waals surface area contributed by atoms with E-state index in [-0.39, 0.29) is 5.75 Å². The molecular formula is C13H9BrN2O2S. The fourth-order valence-corrected chi connectivity index (χ4v) is 2.86. The van der Waals surface area contributed by atoms with Gasteiger partial charge in [0.15, 0.2) is 5.82 Å². The zero-order valence-corrected chi connectivity index (χ0v) is 12.1. The van der Waals surface area contributed by atoms with E-state index in [2.05, 4.69) is 26.1 Å². The number of rotatable bonds is 3. The first-order valence-electron chi connectivity index (χ1n) is 5.56. The van der Waals surface area contributed by atoms with E-state index in [9.17, 15) is 5.11 Å². The topological polar surface area (TPSA) is 59.2 Å². The SMILES string of the molecule is Oc1ccsc1-c1nc(Cc2cccc(Br)c2)no1. The predicted octanol–water partition coefficient (Wildman–Crippen LogP) is 3.86. The van der Waals surface area contributed by atoms with Crippen LogP contribution in [0.2, 0.25) is 0 Å². The summed E-state index contributed by atoms with van der Waals surface area (Å²) in [5.41, 5.74) is 1.09. The molecule has 0 unspecified atom stereocenters. The lowest BCUT2D eigenvalue weighted by Gasteiger charge is -1.96. The molecule has 0 atom stereocenters. The maximum absolute atomic E-state index is 9.62. The molecule has 0 aliphatic rings. The van der Waals surface area contributed by atoms with E-state index in [1.54, 1.807) is 11.4 Å². The monoisotopic (exact) mass is 336 g/mol. The molecular weight excluding hydrogens is 328 g/mol. The molecule has 3 aromatic rings. The smallest absolute Gasteiger partial charge is 0.271 e. The van der Waals surface area contributed by atoms with Gasteiger partial charge >= 0.3 is 0 Å². The molecule has 0 spiro atoms. The Morgan fingerprint density at radius 3 is 2.95 bits per heavy atom. The predicted molar refractivity (Wildman–Crippen MR) is 76.2 cm³/mol. The van der Waals surface area contributed by atoms with Crippen molar-refractivity contribution in [3.8, 4) is 16.5 Å². The van der Waals surface area contributed by atoms with Crippen molar-refractivity contribution >= 4 is 27.3 Å². The third-order valence-electron chi connectivity index (χ3n) is 2.56. The summed E-state index contributed by atoms with van der Waals surface area (Å²) in [6.45, 7) is 0. The van der Waals surface area contributed by atoms with Crippen molar-refractivity contribution in [1.29, 1.82) is 0 Å². The highest BCUT2D eigenvalue weighted by Crippen LogP contribution is 2.33. The largest absolute Gasteiger partial charge is 0.506 e. The molecule has 0 aliphatic carbocycles. The van der Waals surface area contributed by atoms with Crippen LogP contribution in [0.1, 0.15) is 11.4 Å². The Labute approximate surface area is 121 Å². The molecule has 0 amide bonds. The van der Waals surface area contributed by atoms with Crippen molar-refractivity contribution < 1.29 is 9.63 Å². The second kappa shape index (κ2) is 5.14. The maximum Gasteiger partial charge on any atom is 0.271 e. The van der Waals surface area contributed by atoms with E-state index in [0.29, 0.717) is 23.0 Å². The van der Waals surface area contributed by atoms with Crippen LogP contribution in [0.4, 0.5) is 0 Å². The molecule has 96 valence electrons. The highest BCUT2D eigenvalue weighted by Gasteiger charge is 2.14. The maximum atomic E-state index is 9.62. The summed E-state index contributed by atoms with van der Waals surface area (Å²) in [6.07, 6.45) is 0.592. The molecule has 0 fully saturated rings. The average Bonchev–Trinajstić information content (AvgIpc) is 2.98. The third-order valence-corrected chi connectivity index (χ3v) is 3.94. The number of hydrogen-bond donors (Lipinski definition) is 1. The molecule has 0 bridgehead atoms. The molecule has 4 nitrogen and oxygen atoms in total. The Bertz CT molecular complexity index is 708. The number of nitrogens with zero attached hydrogens (tertiary/aromatic N) is 2. The summed E-state index contributed by atoms with van der Waals surface area (Å²) in [7, 11) is 0. The second-order valence-corrected chi connectivity index (χ2v) is 5.79. The van der Waals surface area contributed by atoms with Gasteiger partial charge in [-0.15, -0.1) is 11.3 Å². The lowest BCUT2D eigenvalue weighted by molar-refractivity contribution is 0.420. The normalized spacial score (nSPS) is 10.8. The number of benzene rings is 1. The van der Waals surface area contributed by atoms with Gasteiger partial charge in [-0.05, 0) is 29.1 Å². The first-order valence-corrected chi connectivity index (χ1v) is 7.23. The minimum Gasteiger partial charge on any atom is -0.506 e.